The molecule has 0 aromatic heterocycles. The molecule has 1 rings (SSSR count). The molecular weight excluding hydrogens is 145 g/mol. The molecular formula is C8H7FNO. The van der Waals surface area contributed by atoms with Crippen LogP contribution in [0, 0.1) is 5.82 Å². The molecule has 0 atom stereocenters. The number of halogens is 1. The normalized spacial score (nSPS) is 9.55. The molecule has 0 saturated heterocycles. The zero-order valence-electron chi connectivity index (χ0n) is 5.80. The minimum atomic E-state index is -0.699. The van der Waals surface area contributed by atoms with Gasteiger partial charge in [-0.1, -0.05) is 12.1 Å². The predicted octanol–water partition coefficient (Wildman–Crippen LogP) is 1.18. The Labute approximate surface area is 63.8 Å². The average Bonchev–Trinajstić information content (AvgIpc) is 1.85. The number of carbonyl (C=O) groups excluding carboxylic acids is 1. The Morgan fingerprint density at radius 1 is 1.55 bits per heavy atom. The van der Waals surface area contributed by atoms with Crippen LogP contribution in [0.2, 0.25) is 0 Å². The summed E-state index contributed by atoms with van der Waals surface area (Å²) < 4.78 is 12.4. The predicted molar refractivity (Wildman–Crippen MR) is 38.2 cm³/mol. The Bertz CT molecular complexity index is 273. The van der Waals surface area contributed by atoms with Crippen LogP contribution in [-0.2, 0) is 11.2 Å². The number of amides is 1. The van der Waals surface area contributed by atoms with E-state index in [1.807, 2.05) is 0 Å². The van der Waals surface area contributed by atoms with Gasteiger partial charge in [-0.25, -0.2) is 4.39 Å². The third kappa shape index (κ3) is 2.37. The van der Waals surface area contributed by atoms with E-state index in [9.17, 15) is 9.18 Å². The van der Waals surface area contributed by atoms with Crippen molar-refractivity contribution in [2.75, 3.05) is 0 Å². The van der Waals surface area contributed by atoms with Crippen LogP contribution >= 0.6 is 0 Å². The van der Waals surface area contributed by atoms with Crippen molar-refractivity contribution >= 4 is 5.91 Å². The molecule has 0 unspecified atom stereocenters. The molecule has 11 heavy (non-hydrogen) atoms. The lowest BCUT2D eigenvalue weighted by atomic mass is 10.1. The van der Waals surface area contributed by atoms with Crippen molar-refractivity contribution in [2.45, 2.75) is 6.42 Å². The van der Waals surface area contributed by atoms with Crippen LogP contribution in [0.25, 0.3) is 0 Å². The van der Waals surface area contributed by atoms with E-state index in [4.69, 9.17) is 5.73 Å². The molecule has 0 fully saturated rings. The van der Waals surface area contributed by atoms with Crippen LogP contribution in [0.3, 0.4) is 0 Å². The summed E-state index contributed by atoms with van der Waals surface area (Å²) in [6.45, 7) is 0. The van der Waals surface area contributed by atoms with Gasteiger partial charge in [0.1, 0.15) is 5.82 Å². The van der Waals surface area contributed by atoms with Gasteiger partial charge in [-0.05, 0) is 17.7 Å². The molecule has 57 valence electrons. The summed E-state index contributed by atoms with van der Waals surface area (Å²) in [7, 11) is 0. The first-order valence-corrected chi connectivity index (χ1v) is 3.17. The molecule has 2 nitrogen and oxygen atoms in total. The summed E-state index contributed by atoms with van der Waals surface area (Å²) in [5, 5.41) is 0. The summed E-state index contributed by atoms with van der Waals surface area (Å²) in [5.74, 6) is -1.07. The smallest absolute Gasteiger partial charge is 0.242 e. The summed E-state index contributed by atoms with van der Waals surface area (Å²) in [6.07, 6.45) is -0.0161. The molecule has 0 aliphatic heterocycles. The number of benzene rings is 1. The molecule has 0 aliphatic carbocycles. The second kappa shape index (κ2) is 3.14. The van der Waals surface area contributed by atoms with Crippen LogP contribution in [0.4, 0.5) is 4.39 Å². The third-order valence-electron chi connectivity index (χ3n) is 1.25. The van der Waals surface area contributed by atoms with E-state index in [0.29, 0.717) is 5.56 Å². The highest BCUT2D eigenvalue weighted by atomic mass is 19.1. The monoisotopic (exact) mass is 152 g/mol. The van der Waals surface area contributed by atoms with Gasteiger partial charge < -0.3 is 0 Å². The van der Waals surface area contributed by atoms with E-state index >= 15 is 0 Å². The third-order valence-corrected chi connectivity index (χ3v) is 1.25. The first-order chi connectivity index (χ1) is 5.18. The van der Waals surface area contributed by atoms with Gasteiger partial charge in [-0.3, -0.25) is 10.5 Å². The van der Waals surface area contributed by atoms with Gasteiger partial charge in [0.25, 0.3) is 0 Å². The maximum absolute atomic E-state index is 12.4. The highest BCUT2D eigenvalue weighted by Crippen LogP contribution is 2.03. The fourth-order valence-corrected chi connectivity index (χ4v) is 0.832. The van der Waals surface area contributed by atoms with Crippen molar-refractivity contribution < 1.29 is 9.18 Å². The van der Waals surface area contributed by atoms with E-state index in [2.05, 4.69) is 0 Å². The second-order valence-electron chi connectivity index (χ2n) is 2.23. The lowest BCUT2D eigenvalue weighted by molar-refractivity contribution is -0.118. The van der Waals surface area contributed by atoms with Gasteiger partial charge in [-0.15, -0.1) is 0 Å². The Kier molecular flexibility index (Phi) is 2.21. The minimum Gasteiger partial charge on any atom is -0.273 e. The van der Waals surface area contributed by atoms with E-state index in [-0.39, 0.29) is 12.2 Å². The Morgan fingerprint density at radius 2 is 2.27 bits per heavy atom. The van der Waals surface area contributed by atoms with Crippen LogP contribution in [-0.4, -0.2) is 5.91 Å². The number of hydrogen-bond donors (Lipinski definition) is 0. The first kappa shape index (κ1) is 7.72. The van der Waals surface area contributed by atoms with Crippen LogP contribution in [0.5, 0.6) is 0 Å². The topological polar surface area (TPSA) is 40.9 Å². The Hall–Kier alpha value is -1.38. The van der Waals surface area contributed by atoms with Crippen LogP contribution < -0.4 is 5.73 Å². The first-order valence-electron chi connectivity index (χ1n) is 3.17. The summed E-state index contributed by atoms with van der Waals surface area (Å²) in [6, 6.07) is 5.70. The Morgan fingerprint density at radius 3 is 2.82 bits per heavy atom. The van der Waals surface area contributed by atoms with Gasteiger partial charge in [0.05, 0.1) is 6.42 Å². The van der Waals surface area contributed by atoms with Crippen molar-refractivity contribution in [3.05, 3.63) is 35.6 Å². The molecule has 0 bridgehead atoms. The molecule has 3 heteroatoms. The number of nitrogens with one attached hydrogen (secondary N) is 1. The lowest BCUT2D eigenvalue weighted by Crippen LogP contribution is -2.02. The maximum Gasteiger partial charge on any atom is 0.242 e. The zero-order valence-corrected chi connectivity index (χ0v) is 5.80. The van der Waals surface area contributed by atoms with E-state index in [1.54, 1.807) is 6.07 Å². The van der Waals surface area contributed by atoms with Crippen LogP contribution in [0.15, 0.2) is 24.3 Å². The van der Waals surface area contributed by atoms with Gasteiger partial charge in [0, 0.05) is 0 Å². The van der Waals surface area contributed by atoms with E-state index in [1.165, 1.54) is 18.2 Å². The molecule has 0 spiro atoms. The second-order valence-corrected chi connectivity index (χ2v) is 2.23. The minimum absolute atomic E-state index is 0.0161. The maximum atomic E-state index is 12.4. The molecule has 1 aromatic carbocycles. The molecule has 1 amide bonds. The standard InChI is InChI=1S/C8H7FNO/c9-7-3-1-2-6(4-7)5-8(10)11/h1-4,10H,5H2. The summed E-state index contributed by atoms with van der Waals surface area (Å²) >= 11 is 0. The molecule has 0 heterocycles. The number of carbonyl (C=O) groups is 1. The van der Waals surface area contributed by atoms with Crippen molar-refractivity contribution in [3.63, 3.8) is 0 Å². The highest BCUT2D eigenvalue weighted by molar-refractivity contribution is 5.75. The van der Waals surface area contributed by atoms with Crippen molar-refractivity contribution in [2.24, 2.45) is 0 Å². The van der Waals surface area contributed by atoms with Gasteiger partial charge in [0.15, 0.2) is 0 Å². The average molecular weight is 152 g/mol. The van der Waals surface area contributed by atoms with Crippen LogP contribution in [0.1, 0.15) is 5.56 Å². The molecule has 1 N–H and O–H groups in total. The van der Waals surface area contributed by atoms with Gasteiger partial charge >= 0.3 is 0 Å². The highest BCUT2D eigenvalue weighted by Gasteiger charge is 1.98. The summed E-state index contributed by atoms with van der Waals surface area (Å²) in [4.78, 5) is 10.3. The van der Waals surface area contributed by atoms with E-state index < -0.39 is 5.91 Å². The SMILES string of the molecule is [NH]C(=O)Cc1cccc(F)c1. The molecule has 0 aliphatic rings. The van der Waals surface area contributed by atoms with Crippen molar-refractivity contribution in [1.29, 1.82) is 0 Å². The zero-order chi connectivity index (χ0) is 8.27. The number of rotatable bonds is 2. The van der Waals surface area contributed by atoms with E-state index in [0.717, 1.165) is 0 Å². The molecule has 0 saturated carbocycles. The van der Waals surface area contributed by atoms with Gasteiger partial charge in [0.2, 0.25) is 5.91 Å². The largest absolute Gasteiger partial charge is 0.273 e. The fraction of sp³-hybridized carbons (Fsp3) is 0.125. The quantitative estimate of drug-likeness (QED) is 0.627. The molecule has 1 aromatic rings. The van der Waals surface area contributed by atoms with Gasteiger partial charge in [-0.2, -0.15) is 0 Å². The number of hydrogen-bond acceptors (Lipinski definition) is 1. The van der Waals surface area contributed by atoms with Crippen molar-refractivity contribution in [1.82, 2.24) is 5.73 Å². The summed E-state index contributed by atoms with van der Waals surface area (Å²) in [5.41, 5.74) is 7.17. The lowest BCUT2D eigenvalue weighted by Gasteiger charge is -1.94. The van der Waals surface area contributed by atoms with Crippen molar-refractivity contribution in [3.8, 4) is 0 Å². The fourth-order valence-electron chi connectivity index (χ4n) is 0.832. The molecule has 1 radical (unpaired) electrons. The Balaban J connectivity index is 2.79.